The van der Waals surface area contributed by atoms with Gasteiger partial charge in [0.2, 0.25) is 0 Å². The summed E-state index contributed by atoms with van der Waals surface area (Å²) in [5.74, 6) is 1.67. The zero-order valence-corrected chi connectivity index (χ0v) is 17.1. The van der Waals surface area contributed by atoms with Crippen LogP contribution in [0.4, 0.5) is 5.69 Å². The highest BCUT2D eigenvalue weighted by Gasteiger charge is 2.03. The zero-order valence-electron chi connectivity index (χ0n) is 14.8. The summed E-state index contributed by atoms with van der Waals surface area (Å²) in [6.07, 6.45) is 1.00. The van der Waals surface area contributed by atoms with E-state index < -0.39 is 0 Å². The quantitative estimate of drug-likeness (QED) is 0.248. The Morgan fingerprint density at radius 3 is 2.40 bits per heavy atom. The highest BCUT2D eigenvalue weighted by Crippen LogP contribution is 2.16. The van der Waals surface area contributed by atoms with E-state index in [0.29, 0.717) is 6.54 Å². The summed E-state index contributed by atoms with van der Waals surface area (Å²) in [4.78, 5) is 4.25. The van der Waals surface area contributed by atoms with E-state index in [1.54, 1.807) is 14.2 Å². The molecule has 0 atom stereocenters. The van der Waals surface area contributed by atoms with Gasteiger partial charge in [-0.1, -0.05) is 36.4 Å². The maximum Gasteiger partial charge on any atom is 0.191 e. The Bertz CT molecular complexity index is 634. The number of aliphatic imine (C=N–C) groups is 1. The summed E-state index contributed by atoms with van der Waals surface area (Å²) in [7, 11) is 3.46. The molecule has 0 saturated carbocycles. The first-order valence-corrected chi connectivity index (χ1v) is 8.19. The van der Waals surface area contributed by atoms with Crippen LogP contribution in [0.2, 0.25) is 0 Å². The SMILES string of the molecule is CN=C(NCCCNc1ccccc1)NCc1ccccc1OC.I. The first kappa shape index (κ1) is 21.1. The molecule has 0 saturated heterocycles. The molecule has 0 radical (unpaired) electrons. The third-order valence-electron chi connectivity index (χ3n) is 3.61. The molecule has 6 heteroatoms. The van der Waals surface area contributed by atoms with Crippen molar-refractivity contribution < 1.29 is 4.74 Å². The number of methoxy groups -OCH3 is 1. The molecule has 25 heavy (non-hydrogen) atoms. The lowest BCUT2D eigenvalue weighted by molar-refractivity contribution is 0.409. The summed E-state index contributed by atoms with van der Waals surface area (Å²) in [5.41, 5.74) is 2.25. The van der Waals surface area contributed by atoms with E-state index in [9.17, 15) is 0 Å². The molecule has 2 rings (SSSR count). The molecule has 2 aromatic rings. The number of rotatable bonds is 8. The predicted molar refractivity (Wildman–Crippen MR) is 116 cm³/mol. The number of anilines is 1. The monoisotopic (exact) mass is 454 g/mol. The number of nitrogens with one attached hydrogen (secondary N) is 3. The second-order valence-corrected chi connectivity index (χ2v) is 5.31. The minimum atomic E-state index is 0. The van der Waals surface area contributed by atoms with Gasteiger partial charge >= 0.3 is 0 Å². The first-order chi connectivity index (χ1) is 11.8. The van der Waals surface area contributed by atoms with Crippen LogP contribution in [0.5, 0.6) is 5.75 Å². The molecule has 3 N–H and O–H groups in total. The fourth-order valence-corrected chi connectivity index (χ4v) is 2.33. The number of ether oxygens (including phenoxy) is 1. The highest BCUT2D eigenvalue weighted by molar-refractivity contribution is 14.0. The molecule has 0 unspecified atom stereocenters. The van der Waals surface area contributed by atoms with Gasteiger partial charge in [0.1, 0.15) is 5.75 Å². The van der Waals surface area contributed by atoms with Gasteiger partial charge in [-0.2, -0.15) is 0 Å². The smallest absolute Gasteiger partial charge is 0.191 e. The molecular weight excluding hydrogens is 427 g/mol. The maximum atomic E-state index is 5.36. The molecule has 136 valence electrons. The van der Waals surface area contributed by atoms with Gasteiger partial charge in [-0.15, -0.1) is 24.0 Å². The van der Waals surface area contributed by atoms with Crippen molar-refractivity contribution in [1.82, 2.24) is 10.6 Å². The van der Waals surface area contributed by atoms with Crippen LogP contribution in [0.3, 0.4) is 0 Å². The van der Waals surface area contributed by atoms with Crippen molar-refractivity contribution in [1.29, 1.82) is 0 Å². The third kappa shape index (κ3) is 7.64. The fraction of sp³-hybridized carbons (Fsp3) is 0.316. The van der Waals surface area contributed by atoms with Gasteiger partial charge in [-0.05, 0) is 24.6 Å². The number of benzene rings is 2. The molecule has 0 aliphatic heterocycles. The van der Waals surface area contributed by atoms with Gasteiger partial charge in [-0.3, -0.25) is 4.99 Å². The molecule has 0 aromatic heterocycles. The van der Waals surface area contributed by atoms with Crippen LogP contribution in [-0.4, -0.2) is 33.2 Å². The van der Waals surface area contributed by atoms with Crippen LogP contribution >= 0.6 is 24.0 Å². The number of para-hydroxylation sites is 2. The lowest BCUT2D eigenvalue weighted by Crippen LogP contribution is -2.37. The van der Waals surface area contributed by atoms with Crippen molar-refractivity contribution >= 4 is 35.6 Å². The van der Waals surface area contributed by atoms with Gasteiger partial charge in [0.25, 0.3) is 0 Å². The minimum absolute atomic E-state index is 0. The van der Waals surface area contributed by atoms with Crippen LogP contribution in [0.25, 0.3) is 0 Å². The number of nitrogens with zero attached hydrogens (tertiary/aromatic N) is 1. The fourth-order valence-electron chi connectivity index (χ4n) is 2.33. The highest BCUT2D eigenvalue weighted by atomic mass is 127. The van der Waals surface area contributed by atoms with E-state index in [2.05, 4.69) is 33.1 Å². The zero-order chi connectivity index (χ0) is 17.0. The number of hydrogen-bond donors (Lipinski definition) is 3. The third-order valence-corrected chi connectivity index (χ3v) is 3.61. The normalized spacial score (nSPS) is 10.6. The van der Waals surface area contributed by atoms with E-state index in [1.807, 2.05) is 42.5 Å². The average Bonchev–Trinajstić information content (AvgIpc) is 2.65. The van der Waals surface area contributed by atoms with E-state index in [-0.39, 0.29) is 24.0 Å². The molecular formula is C19H27IN4O. The Morgan fingerprint density at radius 1 is 0.960 bits per heavy atom. The Labute approximate surface area is 167 Å². The van der Waals surface area contributed by atoms with Crippen molar-refractivity contribution in [2.24, 2.45) is 4.99 Å². The average molecular weight is 454 g/mol. The Morgan fingerprint density at radius 2 is 1.68 bits per heavy atom. The van der Waals surface area contributed by atoms with E-state index in [0.717, 1.165) is 42.5 Å². The van der Waals surface area contributed by atoms with Crippen molar-refractivity contribution in [2.45, 2.75) is 13.0 Å². The maximum absolute atomic E-state index is 5.36. The van der Waals surface area contributed by atoms with Gasteiger partial charge < -0.3 is 20.7 Å². The lowest BCUT2D eigenvalue weighted by atomic mass is 10.2. The Kier molecular flexibility index (Phi) is 10.5. The van der Waals surface area contributed by atoms with E-state index >= 15 is 0 Å². The Balaban J connectivity index is 0.00000312. The van der Waals surface area contributed by atoms with Crippen molar-refractivity contribution in [2.75, 3.05) is 32.6 Å². The van der Waals surface area contributed by atoms with Crippen LogP contribution in [0, 0.1) is 0 Å². The van der Waals surface area contributed by atoms with Crippen LogP contribution in [0.15, 0.2) is 59.6 Å². The Hall–Kier alpha value is -1.96. The molecule has 0 aliphatic rings. The predicted octanol–water partition coefficient (Wildman–Crippen LogP) is 3.48. The van der Waals surface area contributed by atoms with Crippen LogP contribution < -0.4 is 20.7 Å². The van der Waals surface area contributed by atoms with Crippen LogP contribution in [0.1, 0.15) is 12.0 Å². The number of hydrogen-bond acceptors (Lipinski definition) is 3. The van der Waals surface area contributed by atoms with Gasteiger partial charge in [-0.25, -0.2) is 0 Å². The summed E-state index contributed by atoms with van der Waals surface area (Å²) in [6, 6.07) is 18.2. The summed E-state index contributed by atoms with van der Waals surface area (Å²) in [6.45, 7) is 2.44. The van der Waals surface area contributed by atoms with Crippen LogP contribution in [-0.2, 0) is 6.54 Å². The summed E-state index contributed by atoms with van der Waals surface area (Å²) >= 11 is 0. The lowest BCUT2D eigenvalue weighted by Gasteiger charge is -2.14. The standard InChI is InChI=1S/C19H26N4O.HI/c1-20-19(23-15-16-9-6-7-12-18(16)24-2)22-14-8-13-21-17-10-4-3-5-11-17;/h3-7,9-12,21H,8,13-15H2,1-2H3,(H2,20,22,23);1H. The van der Waals surface area contributed by atoms with E-state index in [4.69, 9.17) is 4.74 Å². The van der Waals surface area contributed by atoms with Crippen molar-refractivity contribution in [3.63, 3.8) is 0 Å². The topological polar surface area (TPSA) is 57.7 Å². The molecule has 0 aliphatic carbocycles. The molecule has 0 bridgehead atoms. The molecule has 5 nitrogen and oxygen atoms in total. The number of halogens is 1. The molecule has 0 spiro atoms. The van der Waals surface area contributed by atoms with Crippen molar-refractivity contribution in [3.05, 3.63) is 60.2 Å². The first-order valence-electron chi connectivity index (χ1n) is 8.19. The second kappa shape index (κ2) is 12.4. The molecule has 0 heterocycles. The van der Waals surface area contributed by atoms with Gasteiger partial charge in [0.15, 0.2) is 5.96 Å². The van der Waals surface area contributed by atoms with Gasteiger partial charge in [0.05, 0.1) is 7.11 Å². The summed E-state index contributed by atoms with van der Waals surface area (Å²) < 4.78 is 5.36. The largest absolute Gasteiger partial charge is 0.496 e. The summed E-state index contributed by atoms with van der Waals surface area (Å²) in [5, 5.41) is 10.0. The van der Waals surface area contributed by atoms with Crippen molar-refractivity contribution in [3.8, 4) is 5.75 Å². The van der Waals surface area contributed by atoms with E-state index in [1.165, 1.54) is 0 Å². The minimum Gasteiger partial charge on any atom is -0.496 e. The number of guanidine groups is 1. The van der Waals surface area contributed by atoms with Gasteiger partial charge in [0, 0.05) is 37.9 Å². The molecule has 0 amide bonds. The molecule has 0 fully saturated rings. The molecule has 2 aromatic carbocycles. The second-order valence-electron chi connectivity index (χ2n) is 5.31.